The Labute approximate surface area is 217 Å². The fraction of sp³-hybridized carbons (Fsp3) is 0.419. The second-order valence-electron chi connectivity index (χ2n) is 11.0. The van der Waals surface area contributed by atoms with Crippen molar-refractivity contribution < 1.29 is 13.2 Å². The van der Waals surface area contributed by atoms with E-state index in [0.717, 1.165) is 11.6 Å². The molecule has 6 rings (SSSR count). The van der Waals surface area contributed by atoms with Crippen LogP contribution in [0.1, 0.15) is 77.9 Å². The van der Waals surface area contributed by atoms with E-state index in [1.807, 2.05) is 0 Å². The summed E-state index contributed by atoms with van der Waals surface area (Å²) < 4.78 is 39.3. The van der Waals surface area contributed by atoms with E-state index in [9.17, 15) is 13.2 Å². The van der Waals surface area contributed by atoms with Gasteiger partial charge in [0.25, 0.3) is 0 Å². The zero-order valence-corrected chi connectivity index (χ0v) is 21.2. The van der Waals surface area contributed by atoms with Crippen molar-refractivity contribution in [2.75, 3.05) is 23.7 Å². The maximum Gasteiger partial charge on any atom is 0.416 e. The third kappa shape index (κ3) is 4.96. The molecule has 0 amide bonds. The molecule has 1 aliphatic carbocycles. The Bertz CT molecular complexity index is 1250. The minimum Gasteiger partial charge on any atom is -0.360 e. The number of alkyl halides is 3. The summed E-state index contributed by atoms with van der Waals surface area (Å²) in [7, 11) is 0. The number of nitrogens with zero attached hydrogens (tertiary/aromatic N) is 1. The number of rotatable bonds is 4. The number of aryl methyl sites for hydroxylation is 1. The molecule has 194 valence electrons. The lowest BCUT2D eigenvalue weighted by Crippen LogP contribution is -2.39. The number of halogens is 3. The van der Waals surface area contributed by atoms with Gasteiger partial charge in [-0.05, 0) is 104 Å². The first-order valence-electron chi connectivity index (χ1n) is 13.5. The lowest BCUT2D eigenvalue weighted by molar-refractivity contribution is -0.137. The topological polar surface area (TPSA) is 27.3 Å². The van der Waals surface area contributed by atoms with Crippen molar-refractivity contribution in [2.45, 2.75) is 69.2 Å². The first-order chi connectivity index (χ1) is 17.8. The summed E-state index contributed by atoms with van der Waals surface area (Å²) >= 11 is 0. The van der Waals surface area contributed by atoms with Crippen LogP contribution in [0.15, 0.2) is 66.7 Å². The molecule has 0 aromatic heterocycles. The second kappa shape index (κ2) is 9.71. The minimum atomic E-state index is -4.34. The van der Waals surface area contributed by atoms with E-state index < -0.39 is 11.7 Å². The molecule has 6 heteroatoms. The maximum absolute atomic E-state index is 13.1. The molecule has 3 aliphatic rings. The van der Waals surface area contributed by atoms with Gasteiger partial charge in [-0.1, -0.05) is 48.5 Å². The summed E-state index contributed by atoms with van der Waals surface area (Å²) in [5.74, 6) is 1.26. The molecule has 2 heterocycles. The zero-order valence-electron chi connectivity index (χ0n) is 21.2. The number of likely N-dealkylation sites (tertiary alicyclic amines) is 1. The van der Waals surface area contributed by atoms with Crippen LogP contribution in [0.2, 0.25) is 0 Å². The molecular formula is C31H34F3N3. The lowest BCUT2D eigenvalue weighted by atomic mass is 9.88. The van der Waals surface area contributed by atoms with E-state index in [2.05, 4.69) is 71.0 Å². The highest BCUT2D eigenvalue weighted by molar-refractivity contribution is 5.76. The van der Waals surface area contributed by atoms with Crippen LogP contribution in [0, 0.1) is 6.92 Å². The van der Waals surface area contributed by atoms with Gasteiger partial charge in [0, 0.05) is 6.04 Å². The highest BCUT2D eigenvalue weighted by Gasteiger charge is 2.34. The van der Waals surface area contributed by atoms with E-state index in [1.165, 1.54) is 74.0 Å². The molecule has 3 unspecified atom stereocenters. The summed E-state index contributed by atoms with van der Waals surface area (Å²) in [5, 5.41) is 6.55. The average Bonchev–Trinajstić information content (AvgIpc) is 3.56. The Morgan fingerprint density at radius 2 is 1.51 bits per heavy atom. The number of hydrogen-bond donors (Lipinski definition) is 2. The zero-order chi connectivity index (χ0) is 25.6. The van der Waals surface area contributed by atoms with Crippen LogP contribution in [-0.4, -0.2) is 24.0 Å². The Balaban J connectivity index is 1.07. The van der Waals surface area contributed by atoms with Crippen LogP contribution in [0.5, 0.6) is 0 Å². The van der Waals surface area contributed by atoms with Crippen LogP contribution in [0.4, 0.5) is 24.5 Å². The smallest absolute Gasteiger partial charge is 0.360 e. The van der Waals surface area contributed by atoms with Gasteiger partial charge in [-0.15, -0.1) is 0 Å². The SMILES string of the molecule is Cc1cc(C2Nc3ccc(C(F)(F)F)cc3N2)ccc1C1CCC(N2CCC(c3ccccc3)CC2)C1. The Morgan fingerprint density at radius 3 is 2.24 bits per heavy atom. The van der Waals surface area contributed by atoms with Gasteiger partial charge in [-0.2, -0.15) is 13.2 Å². The molecule has 1 saturated carbocycles. The number of fused-ring (bicyclic) bond motifs is 1. The summed E-state index contributed by atoms with van der Waals surface area (Å²) in [5.41, 5.74) is 5.78. The minimum absolute atomic E-state index is 0.228. The fourth-order valence-corrected chi connectivity index (χ4v) is 6.71. The van der Waals surface area contributed by atoms with Crippen molar-refractivity contribution in [1.82, 2.24) is 4.90 Å². The van der Waals surface area contributed by atoms with Crippen LogP contribution < -0.4 is 10.6 Å². The third-order valence-electron chi connectivity index (χ3n) is 8.74. The van der Waals surface area contributed by atoms with Gasteiger partial charge in [-0.25, -0.2) is 0 Å². The van der Waals surface area contributed by atoms with Crippen molar-refractivity contribution in [2.24, 2.45) is 0 Å². The predicted octanol–water partition coefficient (Wildman–Crippen LogP) is 8.07. The van der Waals surface area contributed by atoms with Crippen LogP contribution in [-0.2, 0) is 6.18 Å². The van der Waals surface area contributed by atoms with Gasteiger partial charge in [0.1, 0.15) is 6.17 Å². The summed E-state index contributed by atoms with van der Waals surface area (Å²) in [6.07, 6.45) is 1.60. The van der Waals surface area contributed by atoms with Crippen LogP contribution >= 0.6 is 0 Å². The van der Waals surface area contributed by atoms with Crippen molar-refractivity contribution in [3.63, 3.8) is 0 Å². The molecule has 3 nitrogen and oxygen atoms in total. The third-order valence-corrected chi connectivity index (χ3v) is 8.74. The second-order valence-corrected chi connectivity index (χ2v) is 11.0. The summed E-state index contributed by atoms with van der Waals surface area (Å²) in [6.45, 7) is 4.54. The molecule has 2 N–H and O–H groups in total. The summed E-state index contributed by atoms with van der Waals surface area (Å²) in [6, 6.07) is 22.0. The lowest BCUT2D eigenvalue weighted by Gasteiger charge is -2.36. The average molecular weight is 506 g/mol. The molecule has 37 heavy (non-hydrogen) atoms. The largest absolute Gasteiger partial charge is 0.416 e. The maximum atomic E-state index is 13.1. The van der Waals surface area contributed by atoms with Gasteiger partial charge in [-0.3, -0.25) is 0 Å². The van der Waals surface area contributed by atoms with E-state index in [0.29, 0.717) is 29.3 Å². The van der Waals surface area contributed by atoms with Crippen molar-refractivity contribution in [3.8, 4) is 0 Å². The normalized spacial score (nSPS) is 24.5. The molecule has 0 radical (unpaired) electrons. The Morgan fingerprint density at radius 1 is 0.757 bits per heavy atom. The van der Waals surface area contributed by atoms with Crippen LogP contribution in [0.25, 0.3) is 0 Å². The molecule has 3 atom stereocenters. The van der Waals surface area contributed by atoms with E-state index in [-0.39, 0.29) is 6.17 Å². The molecule has 0 spiro atoms. The number of hydrogen-bond acceptors (Lipinski definition) is 3. The van der Waals surface area contributed by atoms with Gasteiger partial charge in [0.15, 0.2) is 0 Å². The van der Waals surface area contributed by atoms with Crippen molar-refractivity contribution in [3.05, 3.63) is 94.5 Å². The molecule has 2 fully saturated rings. The quantitative estimate of drug-likeness (QED) is 0.375. The van der Waals surface area contributed by atoms with Gasteiger partial charge < -0.3 is 15.5 Å². The first kappa shape index (κ1) is 24.4. The van der Waals surface area contributed by atoms with Gasteiger partial charge >= 0.3 is 6.18 Å². The predicted molar refractivity (Wildman–Crippen MR) is 143 cm³/mol. The van der Waals surface area contributed by atoms with E-state index in [4.69, 9.17) is 0 Å². The molecule has 3 aromatic carbocycles. The highest BCUT2D eigenvalue weighted by Crippen LogP contribution is 2.43. The molecule has 0 bridgehead atoms. The highest BCUT2D eigenvalue weighted by atomic mass is 19.4. The molecule has 3 aromatic rings. The molecular weight excluding hydrogens is 471 g/mol. The van der Waals surface area contributed by atoms with Gasteiger partial charge in [0.05, 0.1) is 16.9 Å². The number of piperidine rings is 1. The van der Waals surface area contributed by atoms with E-state index >= 15 is 0 Å². The first-order valence-corrected chi connectivity index (χ1v) is 13.5. The number of nitrogens with one attached hydrogen (secondary N) is 2. The molecule has 2 aliphatic heterocycles. The fourth-order valence-electron chi connectivity index (χ4n) is 6.71. The molecule has 1 saturated heterocycles. The Kier molecular flexibility index (Phi) is 6.39. The van der Waals surface area contributed by atoms with Gasteiger partial charge in [0.2, 0.25) is 0 Å². The Hall–Kier alpha value is -2.99. The number of anilines is 2. The van der Waals surface area contributed by atoms with Crippen molar-refractivity contribution >= 4 is 11.4 Å². The summed E-state index contributed by atoms with van der Waals surface area (Å²) in [4.78, 5) is 2.72. The monoisotopic (exact) mass is 505 g/mol. The van der Waals surface area contributed by atoms with Crippen LogP contribution in [0.3, 0.4) is 0 Å². The van der Waals surface area contributed by atoms with E-state index in [1.54, 1.807) is 0 Å². The standard InChI is InChI=1S/C31H34F3N3/c1-20-17-24(30-35-28-12-9-25(31(32,33)34)19-29(28)36-30)8-11-27(20)23-7-10-26(18-23)37-15-13-22(14-16-37)21-5-3-2-4-6-21/h2-6,8-9,11-12,17,19,22-23,26,30,35-36H,7,10,13-16,18H2,1H3. The number of benzene rings is 3. The van der Waals surface area contributed by atoms with Crippen molar-refractivity contribution in [1.29, 1.82) is 0 Å².